The Balaban J connectivity index is 1.48. The Morgan fingerprint density at radius 1 is 1.08 bits per heavy atom. The molecule has 0 radical (unpaired) electrons. The minimum atomic E-state index is -0.697. The molecular weight excluding hydrogens is 470 g/mol. The SMILES string of the molecule is COc1ccc([C@H]2C3=C(CCCC3=O)N=C(C)C2C(=O)OC[C@@H]2CCCO2)cc1OCc1ccccc1. The molecule has 0 aromatic heterocycles. The van der Waals surface area contributed by atoms with E-state index in [2.05, 4.69) is 0 Å². The van der Waals surface area contributed by atoms with E-state index >= 15 is 0 Å². The van der Waals surface area contributed by atoms with Crippen LogP contribution in [0.5, 0.6) is 11.5 Å². The zero-order valence-corrected chi connectivity index (χ0v) is 21.4. The van der Waals surface area contributed by atoms with Crippen LogP contribution in [0.3, 0.4) is 0 Å². The average Bonchev–Trinajstić information content (AvgIpc) is 3.44. The molecule has 37 heavy (non-hydrogen) atoms. The van der Waals surface area contributed by atoms with Crippen LogP contribution in [0, 0.1) is 5.92 Å². The number of benzene rings is 2. The van der Waals surface area contributed by atoms with Gasteiger partial charge >= 0.3 is 5.97 Å². The fourth-order valence-corrected chi connectivity index (χ4v) is 5.45. The summed E-state index contributed by atoms with van der Waals surface area (Å²) in [4.78, 5) is 31.5. The van der Waals surface area contributed by atoms with E-state index in [4.69, 9.17) is 23.9 Å². The van der Waals surface area contributed by atoms with Gasteiger partial charge in [0.05, 0.1) is 13.2 Å². The van der Waals surface area contributed by atoms with Gasteiger partial charge in [-0.25, -0.2) is 0 Å². The standard InChI is InChI=1S/C30H33NO6/c1-19-27(30(33)37-18-22-10-7-15-35-22)28(29-23(31-19)11-6-12-24(29)32)21-13-14-25(34-2)26(16-21)36-17-20-8-4-3-5-9-20/h3-5,8-9,13-14,16,22,27-28H,6-7,10-12,15,17-18H2,1-2H3/t22-,27?,28+/m0/s1. The first-order valence-corrected chi connectivity index (χ1v) is 13.0. The molecular formula is C30H33NO6. The Morgan fingerprint density at radius 3 is 2.68 bits per heavy atom. The van der Waals surface area contributed by atoms with Crippen molar-refractivity contribution in [2.45, 2.75) is 57.7 Å². The molecule has 2 aromatic carbocycles. The molecule has 2 heterocycles. The number of methoxy groups -OCH3 is 1. The van der Waals surface area contributed by atoms with Crippen LogP contribution >= 0.6 is 0 Å². The van der Waals surface area contributed by atoms with E-state index in [0.717, 1.165) is 42.5 Å². The fraction of sp³-hybridized carbons (Fsp3) is 0.433. The van der Waals surface area contributed by atoms with Crippen LogP contribution in [-0.2, 0) is 25.7 Å². The molecule has 1 fully saturated rings. The topological polar surface area (TPSA) is 83.4 Å². The van der Waals surface area contributed by atoms with Gasteiger partial charge in [-0.3, -0.25) is 14.6 Å². The van der Waals surface area contributed by atoms with Gasteiger partial charge in [-0.05, 0) is 55.9 Å². The number of allylic oxidation sites excluding steroid dienone is 2. The van der Waals surface area contributed by atoms with Crippen LogP contribution in [0.2, 0.25) is 0 Å². The van der Waals surface area contributed by atoms with E-state index < -0.39 is 11.8 Å². The van der Waals surface area contributed by atoms with Gasteiger partial charge in [0, 0.05) is 35.9 Å². The van der Waals surface area contributed by atoms with Crippen LogP contribution in [0.25, 0.3) is 0 Å². The highest BCUT2D eigenvalue weighted by atomic mass is 16.6. The van der Waals surface area contributed by atoms with Crippen molar-refractivity contribution in [3.05, 3.63) is 70.9 Å². The third kappa shape index (κ3) is 5.47. The number of hydrogen-bond donors (Lipinski definition) is 0. The largest absolute Gasteiger partial charge is 0.493 e. The summed E-state index contributed by atoms with van der Waals surface area (Å²) < 4.78 is 23.1. The zero-order chi connectivity index (χ0) is 25.8. The molecule has 3 aliphatic rings. The van der Waals surface area contributed by atoms with Gasteiger partial charge in [0.2, 0.25) is 0 Å². The lowest BCUT2D eigenvalue weighted by atomic mass is 9.71. The van der Waals surface area contributed by atoms with Crippen molar-refractivity contribution >= 4 is 17.5 Å². The molecule has 0 bridgehead atoms. The van der Waals surface area contributed by atoms with Crippen molar-refractivity contribution in [3.8, 4) is 11.5 Å². The number of aliphatic imine (C=N–C) groups is 1. The third-order valence-electron chi connectivity index (χ3n) is 7.31. The Morgan fingerprint density at radius 2 is 1.92 bits per heavy atom. The van der Waals surface area contributed by atoms with Gasteiger partial charge in [-0.2, -0.15) is 0 Å². The zero-order valence-electron chi connectivity index (χ0n) is 21.4. The molecule has 7 nitrogen and oxygen atoms in total. The van der Waals surface area contributed by atoms with Crippen LogP contribution in [0.4, 0.5) is 0 Å². The van der Waals surface area contributed by atoms with Crippen LogP contribution in [0.15, 0.2) is 64.8 Å². The Bertz CT molecular complexity index is 1210. The van der Waals surface area contributed by atoms with Gasteiger partial charge in [0.15, 0.2) is 17.3 Å². The molecule has 1 unspecified atom stereocenters. The van der Waals surface area contributed by atoms with E-state index in [1.54, 1.807) is 7.11 Å². The summed E-state index contributed by atoms with van der Waals surface area (Å²) in [6.45, 7) is 3.12. The lowest BCUT2D eigenvalue weighted by Crippen LogP contribution is -2.38. The Kier molecular flexibility index (Phi) is 7.70. The highest BCUT2D eigenvalue weighted by Crippen LogP contribution is 2.45. The minimum Gasteiger partial charge on any atom is -0.493 e. The Labute approximate surface area is 217 Å². The summed E-state index contributed by atoms with van der Waals surface area (Å²) in [5.41, 5.74) is 3.90. The monoisotopic (exact) mass is 503 g/mol. The number of nitrogens with zero attached hydrogens (tertiary/aromatic N) is 1. The molecule has 5 rings (SSSR count). The number of Topliss-reactive ketones (excluding diaryl/α,β-unsaturated/α-hetero) is 1. The lowest BCUT2D eigenvalue weighted by Gasteiger charge is -2.34. The van der Waals surface area contributed by atoms with E-state index in [1.165, 1.54) is 0 Å². The summed E-state index contributed by atoms with van der Waals surface area (Å²) in [7, 11) is 1.60. The maximum Gasteiger partial charge on any atom is 0.315 e. The van der Waals surface area contributed by atoms with Gasteiger partial charge < -0.3 is 18.9 Å². The first kappa shape index (κ1) is 25.2. The molecule has 3 atom stereocenters. The maximum atomic E-state index is 13.5. The predicted octanol–water partition coefficient (Wildman–Crippen LogP) is 5.18. The van der Waals surface area contributed by atoms with E-state index in [9.17, 15) is 9.59 Å². The lowest BCUT2D eigenvalue weighted by molar-refractivity contribution is -0.149. The van der Waals surface area contributed by atoms with Gasteiger partial charge in [-0.1, -0.05) is 36.4 Å². The maximum absolute atomic E-state index is 13.5. The minimum absolute atomic E-state index is 0.0435. The van der Waals surface area contributed by atoms with Crippen molar-refractivity contribution < 1.29 is 28.5 Å². The van der Waals surface area contributed by atoms with E-state index in [0.29, 0.717) is 42.4 Å². The van der Waals surface area contributed by atoms with Crippen LogP contribution < -0.4 is 9.47 Å². The summed E-state index contributed by atoms with van der Waals surface area (Å²) in [6.07, 6.45) is 3.71. The fourth-order valence-electron chi connectivity index (χ4n) is 5.45. The quantitative estimate of drug-likeness (QED) is 0.462. The molecule has 7 heteroatoms. The smallest absolute Gasteiger partial charge is 0.315 e. The predicted molar refractivity (Wildman–Crippen MR) is 139 cm³/mol. The van der Waals surface area contributed by atoms with Crippen molar-refractivity contribution in [3.63, 3.8) is 0 Å². The van der Waals surface area contributed by atoms with Gasteiger partial charge in [0.1, 0.15) is 19.1 Å². The van der Waals surface area contributed by atoms with E-state index in [1.807, 2.05) is 55.5 Å². The van der Waals surface area contributed by atoms with Crippen molar-refractivity contribution in [1.29, 1.82) is 0 Å². The molecule has 2 aliphatic heterocycles. The normalized spacial score (nSPS) is 23.4. The number of hydrogen-bond acceptors (Lipinski definition) is 7. The molecule has 0 saturated carbocycles. The highest BCUT2D eigenvalue weighted by molar-refractivity contribution is 6.08. The van der Waals surface area contributed by atoms with Gasteiger partial charge in [-0.15, -0.1) is 0 Å². The average molecular weight is 504 g/mol. The van der Waals surface area contributed by atoms with E-state index in [-0.39, 0.29) is 24.5 Å². The first-order chi connectivity index (χ1) is 18.0. The summed E-state index contributed by atoms with van der Waals surface area (Å²) in [6, 6.07) is 15.5. The highest BCUT2D eigenvalue weighted by Gasteiger charge is 2.43. The second-order valence-electron chi connectivity index (χ2n) is 9.80. The molecule has 2 aromatic rings. The second kappa shape index (κ2) is 11.3. The third-order valence-corrected chi connectivity index (χ3v) is 7.31. The van der Waals surface area contributed by atoms with Gasteiger partial charge in [0.25, 0.3) is 0 Å². The molecule has 0 N–H and O–H groups in total. The molecule has 1 aliphatic carbocycles. The summed E-state index contributed by atoms with van der Waals surface area (Å²) in [5.74, 6) is -0.389. The first-order valence-electron chi connectivity index (χ1n) is 13.0. The molecule has 1 saturated heterocycles. The van der Waals surface area contributed by atoms with Crippen LogP contribution in [-0.4, -0.2) is 43.9 Å². The number of carbonyl (C=O) groups excluding carboxylic acids is 2. The Hall–Kier alpha value is -3.45. The number of ether oxygens (including phenoxy) is 4. The second-order valence-corrected chi connectivity index (χ2v) is 9.80. The summed E-state index contributed by atoms with van der Waals surface area (Å²) in [5, 5.41) is 0. The number of esters is 1. The van der Waals surface area contributed by atoms with Crippen molar-refractivity contribution in [2.75, 3.05) is 20.3 Å². The number of carbonyl (C=O) groups is 2. The molecule has 194 valence electrons. The number of ketones is 1. The number of rotatable bonds is 8. The van der Waals surface area contributed by atoms with Crippen molar-refractivity contribution in [1.82, 2.24) is 0 Å². The molecule has 0 amide bonds. The van der Waals surface area contributed by atoms with Crippen molar-refractivity contribution in [2.24, 2.45) is 10.9 Å². The summed E-state index contributed by atoms with van der Waals surface area (Å²) >= 11 is 0. The molecule has 0 spiro atoms. The van der Waals surface area contributed by atoms with Crippen LogP contribution in [0.1, 0.15) is 56.1 Å².